The van der Waals surface area contributed by atoms with Gasteiger partial charge in [0.15, 0.2) is 0 Å². The number of halogens is 1. The van der Waals surface area contributed by atoms with Gasteiger partial charge in [0, 0.05) is 0 Å². The molecular formula is C9H21ClN2O3. The van der Waals surface area contributed by atoms with Crippen molar-refractivity contribution in [3.63, 3.8) is 0 Å². The van der Waals surface area contributed by atoms with Crippen molar-refractivity contribution in [1.82, 2.24) is 5.32 Å². The maximum Gasteiger partial charge on any atom is 0.237 e. The first-order chi connectivity index (χ1) is 6.32. The van der Waals surface area contributed by atoms with Crippen LogP contribution >= 0.6 is 12.4 Å². The summed E-state index contributed by atoms with van der Waals surface area (Å²) in [5.41, 5.74) is 5.34. The number of aliphatic hydroxyl groups is 2. The minimum atomic E-state index is -0.650. The second-order valence-corrected chi connectivity index (χ2v) is 4.41. The number of amides is 1. The standard InChI is InChI=1S/C9H20N2O3.ClH/c1-9(2,3)7(10)8(14)11-6(4-12)5-13;/h6-7,12-13H,4-5,10H2,1-3H3,(H,11,14);1H/t7-;/m1./s1. The molecule has 0 aromatic heterocycles. The normalized spacial score (nSPS) is 13.3. The molecule has 15 heavy (non-hydrogen) atoms. The summed E-state index contributed by atoms with van der Waals surface area (Å²) in [5.74, 6) is -0.356. The van der Waals surface area contributed by atoms with Crippen LogP contribution in [0, 0.1) is 5.41 Å². The van der Waals surface area contributed by atoms with E-state index in [4.69, 9.17) is 15.9 Å². The van der Waals surface area contributed by atoms with Gasteiger partial charge in [-0.15, -0.1) is 12.4 Å². The molecule has 0 aromatic carbocycles. The molecule has 0 spiro atoms. The topological polar surface area (TPSA) is 95.6 Å². The van der Waals surface area contributed by atoms with Crippen LogP contribution in [0.4, 0.5) is 0 Å². The first kappa shape index (κ1) is 17.0. The van der Waals surface area contributed by atoms with E-state index in [9.17, 15) is 4.79 Å². The predicted molar refractivity (Wildman–Crippen MR) is 60.8 cm³/mol. The monoisotopic (exact) mass is 240 g/mol. The molecule has 0 radical (unpaired) electrons. The van der Waals surface area contributed by atoms with Crippen LogP contribution in [0.15, 0.2) is 0 Å². The molecule has 92 valence electrons. The van der Waals surface area contributed by atoms with Gasteiger partial charge in [0.2, 0.25) is 5.91 Å². The van der Waals surface area contributed by atoms with Crippen molar-refractivity contribution in [2.24, 2.45) is 11.1 Å². The van der Waals surface area contributed by atoms with Crippen LogP contribution in [-0.4, -0.2) is 41.4 Å². The van der Waals surface area contributed by atoms with E-state index in [0.717, 1.165) is 0 Å². The van der Waals surface area contributed by atoms with Gasteiger partial charge in [-0.2, -0.15) is 0 Å². The summed E-state index contributed by atoms with van der Waals surface area (Å²) in [6, 6.07) is -1.28. The summed E-state index contributed by atoms with van der Waals surface area (Å²) >= 11 is 0. The fourth-order valence-corrected chi connectivity index (χ4v) is 0.833. The Kier molecular flexibility index (Phi) is 7.96. The Morgan fingerprint density at radius 1 is 1.33 bits per heavy atom. The number of hydrogen-bond donors (Lipinski definition) is 4. The lowest BCUT2D eigenvalue weighted by Gasteiger charge is -2.27. The summed E-state index contributed by atoms with van der Waals surface area (Å²) in [6.07, 6.45) is 0. The molecule has 5 N–H and O–H groups in total. The third kappa shape index (κ3) is 5.94. The lowest BCUT2D eigenvalue weighted by Crippen LogP contribution is -2.53. The summed E-state index contributed by atoms with van der Waals surface area (Å²) in [5, 5.41) is 19.9. The fraction of sp³-hybridized carbons (Fsp3) is 0.889. The highest BCUT2D eigenvalue weighted by molar-refractivity contribution is 5.85. The maximum atomic E-state index is 11.5. The van der Waals surface area contributed by atoms with Gasteiger partial charge in [-0.05, 0) is 5.41 Å². The van der Waals surface area contributed by atoms with E-state index in [1.807, 2.05) is 20.8 Å². The van der Waals surface area contributed by atoms with Crippen molar-refractivity contribution in [3.05, 3.63) is 0 Å². The van der Waals surface area contributed by atoms with Crippen LogP contribution in [0.5, 0.6) is 0 Å². The van der Waals surface area contributed by atoms with Crippen LogP contribution in [-0.2, 0) is 4.79 Å². The van der Waals surface area contributed by atoms with Gasteiger partial charge in [0.1, 0.15) is 0 Å². The molecule has 1 amide bonds. The highest BCUT2D eigenvalue weighted by Crippen LogP contribution is 2.17. The van der Waals surface area contributed by atoms with E-state index < -0.39 is 12.1 Å². The van der Waals surface area contributed by atoms with E-state index >= 15 is 0 Å². The molecule has 0 fully saturated rings. The molecule has 0 aromatic rings. The van der Waals surface area contributed by atoms with Crippen LogP contribution in [0.1, 0.15) is 20.8 Å². The van der Waals surface area contributed by atoms with Crippen molar-refractivity contribution in [1.29, 1.82) is 0 Å². The van der Waals surface area contributed by atoms with Crippen LogP contribution in [0.25, 0.3) is 0 Å². The molecule has 0 aliphatic heterocycles. The molecule has 0 aliphatic carbocycles. The molecule has 1 atom stereocenters. The number of hydrogen-bond acceptors (Lipinski definition) is 4. The minimum Gasteiger partial charge on any atom is -0.394 e. The van der Waals surface area contributed by atoms with E-state index in [1.54, 1.807) is 0 Å². The Morgan fingerprint density at radius 3 is 2.00 bits per heavy atom. The SMILES string of the molecule is CC(C)(C)[C@H](N)C(=O)NC(CO)CO.Cl. The van der Waals surface area contributed by atoms with Gasteiger partial charge in [-0.25, -0.2) is 0 Å². The van der Waals surface area contributed by atoms with Crippen LogP contribution < -0.4 is 11.1 Å². The third-order valence-electron chi connectivity index (χ3n) is 2.00. The molecular weight excluding hydrogens is 220 g/mol. The van der Waals surface area contributed by atoms with Gasteiger partial charge >= 0.3 is 0 Å². The van der Waals surface area contributed by atoms with Gasteiger partial charge in [0.25, 0.3) is 0 Å². The minimum absolute atomic E-state index is 0. The smallest absolute Gasteiger partial charge is 0.237 e. The molecule has 0 bridgehead atoms. The summed E-state index contributed by atoms with van der Waals surface area (Å²) in [4.78, 5) is 11.5. The quantitative estimate of drug-likeness (QED) is 0.520. The molecule has 0 heterocycles. The van der Waals surface area contributed by atoms with Crippen LogP contribution in [0.3, 0.4) is 0 Å². The molecule has 0 saturated heterocycles. The summed E-state index contributed by atoms with van der Waals surface area (Å²) < 4.78 is 0. The lowest BCUT2D eigenvalue weighted by molar-refractivity contribution is -0.125. The van der Waals surface area contributed by atoms with Crippen molar-refractivity contribution < 1.29 is 15.0 Å². The van der Waals surface area contributed by atoms with E-state index in [0.29, 0.717) is 0 Å². The second kappa shape index (κ2) is 7.00. The van der Waals surface area contributed by atoms with Crippen molar-refractivity contribution >= 4 is 18.3 Å². The van der Waals surface area contributed by atoms with Gasteiger partial charge in [0.05, 0.1) is 25.3 Å². The first-order valence-electron chi connectivity index (χ1n) is 4.60. The van der Waals surface area contributed by atoms with Crippen molar-refractivity contribution in [3.8, 4) is 0 Å². The Balaban J connectivity index is 0. The highest BCUT2D eigenvalue weighted by Gasteiger charge is 2.28. The summed E-state index contributed by atoms with van der Waals surface area (Å²) in [6.45, 7) is 4.97. The number of aliphatic hydroxyl groups excluding tert-OH is 2. The van der Waals surface area contributed by atoms with E-state index in [1.165, 1.54) is 0 Å². The average Bonchev–Trinajstić information content (AvgIpc) is 2.11. The van der Waals surface area contributed by atoms with E-state index in [2.05, 4.69) is 5.32 Å². The van der Waals surface area contributed by atoms with Crippen molar-refractivity contribution in [2.45, 2.75) is 32.9 Å². The number of nitrogens with two attached hydrogens (primary N) is 1. The number of nitrogens with one attached hydrogen (secondary N) is 1. The maximum absolute atomic E-state index is 11.5. The number of carbonyl (C=O) groups is 1. The molecule has 5 nitrogen and oxygen atoms in total. The Hall–Kier alpha value is -0.360. The first-order valence-corrected chi connectivity index (χ1v) is 4.60. The molecule has 0 saturated carbocycles. The second-order valence-electron chi connectivity index (χ2n) is 4.41. The Bertz CT molecular complexity index is 190. The molecule has 6 heteroatoms. The number of carbonyl (C=O) groups excluding carboxylic acids is 1. The zero-order valence-corrected chi connectivity index (χ0v) is 10.2. The molecule has 0 unspecified atom stereocenters. The molecule has 0 aliphatic rings. The average molecular weight is 241 g/mol. The van der Waals surface area contributed by atoms with Gasteiger partial charge in [-0.1, -0.05) is 20.8 Å². The number of rotatable bonds is 4. The zero-order chi connectivity index (χ0) is 11.4. The Morgan fingerprint density at radius 2 is 1.73 bits per heavy atom. The van der Waals surface area contributed by atoms with E-state index in [-0.39, 0.29) is 36.9 Å². The molecule has 0 rings (SSSR count). The Labute approximate surface area is 96.5 Å². The predicted octanol–water partition coefficient (Wildman–Crippen LogP) is -0.749. The van der Waals surface area contributed by atoms with Crippen molar-refractivity contribution in [2.75, 3.05) is 13.2 Å². The van der Waals surface area contributed by atoms with Gasteiger partial charge < -0.3 is 21.3 Å². The zero-order valence-electron chi connectivity index (χ0n) is 9.36. The fourth-order valence-electron chi connectivity index (χ4n) is 0.833. The van der Waals surface area contributed by atoms with Gasteiger partial charge in [-0.3, -0.25) is 4.79 Å². The highest BCUT2D eigenvalue weighted by atomic mass is 35.5. The largest absolute Gasteiger partial charge is 0.394 e. The lowest BCUT2D eigenvalue weighted by atomic mass is 9.87. The van der Waals surface area contributed by atoms with Crippen LogP contribution in [0.2, 0.25) is 0 Å². The third-order valence-corrected chi connectivity index (χ3v) is 2.00. The summed E-state index contributed by atoms with van der Waals surface area (Å²) in [7, 11) is 0.